The number of amides is 3. The minimum atomic E-state index is -3.68. The lowest BCUT2D eigenvalue weighted by molar-refractivity contribution is -0.110. The molecule has 3 aromatic carbocycles. The van der Waals surface area contributed by atoms with Crippen LogP contribution in [0.3, 0.4) is 0 Å². The molecule has 238 valence electrons. The van der Waals surface area contributed by atoms with Crippen LogP contribution in [-0.4, -0.2) is 69.8 Å². The van der Waals surface area contributed by atoms with E-state index in [4.69, 9.17) is 4.74 Å². The van der Waals surface area contributed by atoms with Crippen LogP contribution in [0.2, 0.25) is 0 Å². The molecule has 3 amide bonds. The molecule has 0 aliphatic carbocycles. The van der Waals surface area contributed by atoms with Gasteiger partial charge < -0.3 is 25.6 Å². The molecule has 0 spiro atoms. The number of carbonyl (C=O) groups excluding carboxylic acids is 3. The predicted molar refractivity (Wildman–Crippen MR) is 177 cm³/mol. The third kappa shape index (κ3) is 8.21. The summed E-state index contributed by atoms with van der Waals surface area (Å²) in [7, 11) is -2.12. The van der Waals surface area contributed by atoms with Crippen LogP contribution < -0.4 is 20.3 Å². The van der Waals surface area contributed by atoms with E-state index in [1.807, 2.05) is 37.3 Å². The Balaban J connectivity index is 1.63. The van der Waals surface area contributed by atoms with Gasteiger partial charge in [0.25, 0.3) is 11.8 Å². The van der Waals surface area contributed by atoms with Crippen LogP contribution in [0.25, 0.3) is 11.3 Å². The molecule has 0 radical (unpaired) electrons. The lowest BCUT2D eigenvalue weighted by Crippen LogP contribution is -2.41. The zero-order valence-electron chi connectivity index (χ0n) is 26.3. The molecule has 0 unspecified atom stereocenters. The summed E-state index contributed by atoms with van der Waals surface area (Å²) in [4.78, 5) is 39.4. The Hall–Kier alpha value is -4.84. The molecule has 0 saturated carbocycles. The monoisotopic (exact) mass is 633 g/mol. The first-order valence-electron chi connectivity index (χ1n) is 14.5. The Morgan fingerprint density at radius 2 is 1.60 bits per heavy atom. The van der Waals surface area contributed by atoms with E-state index in [0.29, 0.717) is 46.0 Å². The fraction of sp³-hybridized carbons (Fsp3) is 0.303. The van der Waals surface area contributed by atoms with Crippen LogP contribution in [0.5, 0.6) is 0 Å². The fourth-order valence-corrected chi connectivity index (χ4v) is 5.64. The summed E-state index contributed by atoms with van der Waals surface area (Å²) in [5.41, 5.74) is 3.69. The van der Waals surface area contributed by atoms with Crippen LogP contribution in [0, 0.1) is 0 Å². The Kier molecular flexibility index (Phi) is 9.87. The van der Waals surface area contributed by atoms with Gasteiger partial charge in [-0.1, -0.05) is 36.4 Å². The van der Waals surface area contributed by atoms with Crippen molar-refractivity contribution in [2.24, 2.45) is 0 Å². The van der Waals surface area contributed by atoms with Gasteiger partial charge in [-0.2, -0.15) is 0 Å². The Labute approximate surface area is 264 Å². The molecule has 1 aliphatic heterocycles. The number of fused-ring (bicyclic) bond motifs is 1. The number of anilines is 3. The highest BCUT2D eigenvalue weighted by molar-refractivity contribution is 7.92. The maximum atomic E-state index is 13.3. The molecule has 0 saturated heterocycles. The minimum Gasteiger partial charge on any atom is -0.444 e. The van der Waals surface area contributed by atoms with Crippen molar-refractivity contribution in [1.29, 1.82) is 0 Å². The van der Waals surface area contributed by atoms with Crippen molar-refractivity contribution < 1.29 is 27.5 Å². The maximum absolute atomic E-state index is 13.3. The summed E-state index contributed by atoms with van der Waals surface area (Å²) >= 11 is 0. The van der Waals surface area contributed by atoms with Crippen molar-refractivity contribution in [1.82, 2.24) is 10.2 Å². The molecule has 3 aromatic rings. The van der Waals surface area contributed by atoms with Gasteiger partial charge in [0.15, 0.2) is 0 Å². The van der Waals surface area contributed by atoms with Gasteiger partial charge in [-0.25, -0.2) is 13.2 Å². The first kappa shape index (κ1) is 33.1. The number of hydrogen-bond donors (Lipinski definition) is 3. The van der Waals surface area contributed by atoms with Gasteiger partial charge in [-0.3, -0.25) is 13.9 Å². The first-order chi connectivity index (χ1) is 21.2. The summed E-state index contributed by atoms with van der Waals surface area (Å²) in [5.74, 6) is -0.550. The Bertz CT molecular complexity index is 1710. The van der Waals surface area contributed by atoms with Crippen molar-refractivity contribution in [3.8, 4) is 0 Å². The van der Waals surface area contributed by atoms with Crippen LogP contribution in [0.1, 0.15) is 49.2 Å². The number of carbonyl (C=O) groups is 3. The number of nitrogens with zero attached hydrogens (tertiary/aromatic N) is 2. The Morgan fingerprint density at radius 3 is 2.20 bits per heavy atom. The molecular formula is C33H39N5O6S. The van der Waals surface area contributed by atoms with Crippen molar-refractivity contribution in [2.75, 3.05) is 47.9 Å². The fourth-order valence-electron chi connectivity index (χ4n) is 4.72. The van der Waals surface area contributed by atoms with Crippen molar-refractivity contribution in [2.45, 2.75) is 33.3 Å². The van der Waals surface area contributed by atoms with E-state index in [1.54, 1.807) is 70.3 Å². The van der Waals surface area contributed by atoms with Crippen LogP contribution in [0.15, 0.2) is 72.8 Å². The highest BCUT2D eigenvalue weighted by Crippen LogP contribution is 2.38. The van der Waals surface area contributed by atoms with Crippen molar-refractivity contribution >= 4 is 56.3 Å². The summed E-state index contributed by atoms with van der Waals surface area (Å²) in [6, 6.07) is 21.2. The van der Waals surface area contributed by atoms with E-state index in [-0.39, 0.29) is 24.9 Å². The van der Waals surface area contributed by atoms with E-state index in [2.05, 4.69) is 16.0 Å². The molecule has 0 bridgehead atoms. The number of nitrogens with one attached hydrogen (secondary N) is 3. The standard InChI is InChI=1S/C33H39N5O6S/c1-7-34-30(39)23-13-18-26-27(21-23)36-31(40)28(26)29(22-11-9-8-10-12-22)35-24-14-16-25(17-15-24)38(45(6,42)43)20-19-37(5)32(41)44-33(2,3)4/h8-18,21,35H,7,19-20H2,1-6H3,(H,34,39)(H,36,40)/b29-28-. The van der Waals surface area contributed by atoms with Crippen molar-refractivity contribution in [3.05, 3.63) is 89.5 Å². The molecule has 3 N–H and O–H groups in total. The maximum Gasteiger partial charge on any atom is 0.410 e. The third-order valence-corrected chi connectivity index (χ3v) is 8.04. The summed E-state index contributed by atoms with van der Waals surface area (Å²) in [5, 5.41) is 9.00. The van der Waals surface area contributed by atoms with Gasteiger partial charge in [0.05, 0.1) is 29.8 Å². The lowest BCUT2D eigenvalue weighted by Gasteiger charge is -2.28. The van der Waals surface area contributed by atoms with Crippen LogP contribution in [0.4, 0.5) is 21.9 Å². The van der Waals surface area contributed by atoms with E-state index in [1.165, 1.54) is 9.21 Å². The summed E-state index contributed by atoms with van der Waals surface area (Å²) in [6.07, 6.45) is 0.563. The smallest absolute Gasteiger partial charge is 0.410 e. The SMILES string of the molecule is CCNC(=O)c1ccc2c(c1)NC(=O)/C2=C(\Nc1ccc(N(CCN(C)C(=O)OC(C)(C)C)S(C)(=O)=O)cc1)c1ccccc1. The molecule has 0 aromatic heterocycles. The Morgan fingerprint density at radius 1 is 0.933 bits per heavy atom. The molecule has 11 nitrogen and oxygen atoms in total. The molecule has 4 rings (SSSR count). The third-order valence-electron chi connectivity index (χ3n) is 6.84. The predicted octanol–water partition coefficient (Wildman–Crippen LogP) is 5.00. The largest absolute Gasteiger partial charge is 0.444 e. The van der Waals surface area contributed by atoms with E-state index in [0.717, 1.165) is 11.8 Å². The van der Waals surface area contributed by atoms with Gasteiger partial charge >= 0.3 is 6.09 Å². The topological polar surface area (TPSA) is 137 Å². The first-order valence-corrected chi connectivity index (χ1v) is 16.4. The molecule has 45 heavy (non-hydrogen) atoms. The second kappa shape index (κ2) is 13.4. The van der Waals surface area contributed by atoms with Gasteiger partial charge in [-0.05, 0) is 69.7 Å². The van der Waals surface area contributed by atoms with Gasteiger partial charge in [-0.15, -0.1) is 0 Å². The molecule has 1 heterocycles. The van der Waals surface area contributed by atoms with Gasteiger partial charge in [0.2, 0.25) is 10.0 Å². The highest BCUT2D eigenvalue weighted by Gasteiger charge is 2.29. The highest BCUT2D eigenvalue weighted by atomic mass is 32.2. The number of benzene rings is 3. The zero-order chi connectivity index (χ0) is 32.9. The van der Waals surface area contributed by atoms with Gasteiger partial charge in [0, 0.05) is 42.6 Å². The van der Waals surface area contributed by atoms with Crippen LogP contribution >= 0.6 is 0 Å². The lowest BCUT2D eigenvalue weighted by atomic mass is 9.99. The molecular weight excluding hydrogens is 594 g/mol. The molecule has 0 fully saturated rings. The summed E-state index contributed by atoms with van der Waals surface area (Å²) < 4.78 is 32.0. The number of rotatable bonds is 10. The quantitative estimate of drug-likeness (QED) is 0.267. The van der Waals surface area contributed by atoms with Crippen molar-refractivity contribution in [3.63, 3.8) is 0 Å². The molecule has 1 aliphatic rings. The minimum absolute atomic E-state index is 0.0237. The summed E-state index contributed by atoms with van der Waals surface area (Å²) in [6.45, 7) is 7.75. The van der Waals surface area contributed by atoms with E-state index >= 15 is 0 Å². The number of hydrogen-bond acceptors (Lipinski definition) is 7. The van der Waals surface area contributed by atoms with E-state index in [9.17, 15) is 22.8 Å². The molecule has 12 heteroatoms. The zero-order valence-corrected chi connectivity index (χ0v) is 27.1. The van der Waals surface area contributed by atoms with E-state index < -0.39 is 21.7 Å². The van der Waals surface area contributed by atoms with Crippen LogP contribution in [-0.2, 0) is 19.6 Å². The average molecular weight is 634 g/mol. The number of ether oxygens (including phenoxy) is 1. The molecule has 0 atom stereocenters. The normalized spacial score (nSPS) is 13.8. The van der Waals surface area contributed by atoms with Gasteiger partial charge in [0.1, 0.15) is 5.60 Å². The number of sulfonamides is 1. The number of likely N-dealkylation sites (N-methyl/N-ethyl adjacent to an activating group) is 1. The second-order valence-corrected chi connectivity index (χ2v) is 13.5. The second-order valence-electron chi connectivity index (χ2n) is 11.6. The average Bonchev–Trinajstić information content (AvgIpc) is 3.30.